The molecule has 1 aliphatic heterocycles. The zero-order valence-corrected chi connectivity index (χ0v) is 10.0. The van der Waals surface area contributed by atoms with Crippen LogP contribution in [-0.2, 0) is 11.3 Å². The fraction of sp³-hybridized carbons (Fsp3) is 0.462. The van der Waals surface area contributed by atoms with Crippen LogP contribution in [0.2, 0.25) is 0 Å². The molecule has 1 saturated heterocycles. The smallest absolute Gasteiger partial charge is 0.324 e. The molecule has 0 unspecified atom stereocenters. The van der Waals surface area contributed by atoms with Crippen LogP contribution in [0.1, 0.15) is 18.4 Å². The van der Waals surface area contributed by atoms with Crippen LogP contribution in [0.5, 0.6) is 0 Å². The molecular formula is C13H15N3O2. The van der Waals surface area contributed by atoms with Crippen molar-refractivity contribution >= 4 is 5.97 Å². The Kier molecular flexibility index (Phi) is 3.58. The molecule has 1 aliphatic rings. The summed E-state index contributed by atoms with van der Waals surface area (Å²) in [6, 6.07) is 5.84. The quantitative estimate of drug-likeness (QED) is 0.867. The van der Waals surface area contributed by atoms with Gasteiger partial charge in [0.1, 0.15) is 0 Å². The zero-order valence-electron chi connectivity index (χ0n) is 10.0. The number of nitrogens with zero attached hydrogens (tertiary/aromatic N) is 3. The maximum Gasteiger partial charge on any atom is 0.324 e. The Morgan fingerprint density at radius 3 is 2.78 bits per heavy atom. The first-order valence-corrected chi connectivity index (χ1v) is 5.92. The lowest BCUT2D eigenvalue weighted by atomic mass is 9.80. The number of hydrogen-bond donors (Lipinski definition) is 1. The van der Waals surface area contributed by atoms with Gasteiger partial charge in [0.05, 0.1) is 6.07 Å². The second-order valence-electron chi connectivity index (χ2n) is 4.64. The van der Waals surface area contributed by atoms with Crippen molar-refractivity contribution in [3.63, 3.8) is 0 Å². The Hall–Kier alpha value is -1.93. The van der Waals surface area contributed by atoms with Crippen molar-refractivity contribution < 1.29 is 9.90 Å². The van der Waals surface area contributed by atoms with Gasteiger partial charge in [0, 0.05) is 32.0 Å². The lowest BCUT2D eigenvalue weighted by Gasteiger charge is -2.34. The molecule has 0 bridgehead atoms. The van der Waals surface area contributed by atoms with E-state index in [1.54, 1.807) is 6.20 Å². The molecule has 18 heavy (non-hydrogen) atoms. The summed E-state index contributed by atoms with van der Waals surface area (Å²) in [6.07, 6.45) is 4.31. The number of rotatable bonds is 3. The second kappa shape index (κ2) is 5.15. The lowest BCUT2D eigenvalue weighted by Crippen LogP contribution is -2.43. The Labute approximate surface area is 106 Å². The van der Waals surface area contributed by atoms with E-state index in [0.717, 1.165) is 12.1 Å². The number of carboxylic acids is 1. The highest BCUT2D eigenvalue weighted by atomic mass is 16.4. The van der Waals surface area contributed by atoms with E-state index in [4.69, 9.17) is 10.4 Å². The third-order valence-corrected chi connectivity index (χ3v) is 3.46. The van der Waals surface area contributed by atoms with E-state index in [2.05, 4.69) is 9.88 Å². The molecule has 0 aromatic carbocycles. The van der Waals surface area contributed by atoms with Gasteiger partial charge in [0.25, 0.3) is 0 Å². The summed E-state index contributed by atoms with van der Waals surface area (Å²) in [7, 11) is 0. The highest BCUT2D eigenvalue weighted by molar-refractivity contribution is 5.78. The Balaban J connectivity index is 1.95. The van der Waals surface area contributed by atoms with E-state index in [-0.39, 0.29) is 0 Å². The predicted octanol–water partition coefficient (Wildman–Crippen LogP) is 1.27. The van der Waals surface area contributed by atoms with Gasteiger partial charge in [-0.1, -0.05) is 6.07 Å². The SMILES string of the molecule is N#CC1(C(=O)O)CCN(Cc2cccnc2)CC1. The molecule has 1 aromatic rings. The molecule has 94 valence electrons. The molecule has 5 nitrogen and oxygen atoms in total. The van der Waals surface area contributed by atoms with Crippen LogP contribution in [0.3, 0.4) is 0 Å². The van der Waals surface area contributed by atoms with E-state index < -0.39 is 11.4 Å². The Morgan fingerprint density at radius 1 is 1.56 bits per heavy atom. The van der Waals surface area contributed by atoms with E-state index in [1.165, 1.54) is 0 Å². The molecule has 2 rings (SSSR count). The molecule has 0 atom stereocenters. The van der Waals surface area contributed by atoms with Crippen molar-refractivity contribution in [1.82, 2.24) is 9.88 Å². The minimum Gasteiger partial charge on any atom is -0.480 e. The van der Waals surface area contributed by atoms with Gasteiger partial charge in [-0.05, 0) is 24.5 Å². The molecular weight excluding hydrogens is 230 g/mol. The number of carbonyl (C=O) groups is 1. The summed E-state index contributed by atoms with van der Waals surface area (Å²) in [6.45, 7) is 2.03. The van der Waals surface area contributed by atoms with Gasteiger partial charge in [0.2, 0.25) is 0 Å². The van der Waals surface area contributed by atoms with Crippen LogP contribution in [0, 0.1) is 16.7 Å². The molecule has 2 heterocycles. The number of carboxylic acid groups (broad SMARTS) is 1. The van der Waals surface area contributed by atoms with Crippen molar-refractivity contribution in [2.75, 3.05) is 13.1 Å². The average molecular weight is 245 g/mol. The largest absolute Gasteiger partial charge is 0.480 e. The van der Waals surface area contributed by atoms with Crippen LogP contribution >= 0.6 is 0 Å². The van der Waals surface area contributed by atoms with Gasteiger partial charge < -0.3 is 5.11 Å². The maximum absolute atomic E-state index is 11.1. The second-order valence-corrected chi connectivity index (χ2v) is 4.64. The third-order valence-electron chi connectivity index (χ3n) is 3.46. The lowest BCUT2D eigenvalue weighted by molar-refractivity contribution is -0.147. The summed E-state index contributed by atoms with van der Waals surface area (Å²) in [4.78, 5) is 17.3. The van der Waals surface area contributed by atoms with Gasteiger partial charge in [-0.25, -0.2) is 0 Å². The minimum absolute atomic E-state index is 0.388. The molecule has 0 radical (unpaired) electrons. The average Bonchev–Trinajstić information content (AvgIpc) is 2.41. The van der Waals surface area contributed by atoms with Crippen molar-refractivity contribution in [1.29, 1.82) is 5.26 Å². The summed E-state index contributed by atoms with van der Waals surface area (Å²) < 4.78 is 0. The number of aliphatic carboxylic acids is 1. The van der Waals surface area contributed by atoms with Crippen molar-refractivity contribution in [2.24, 2.45) is 5.41 Å². The number of piperidine rings is 1. The fourth-order valence-corrected chi connectivity index (χ4v) is 2.22. The third kappa shape index (κ3) is 2.49. The fourth-order valence-electron chi connectivity index (χ4n) is 2.22. The first-order valence-electron chi connectivity index (χ1n) is 5.92. The van der Waals surface area contributed by atoms with E-state index in [0.29, 0.717) is 25.9 Å². The molecule has 5 heteroatoms. The van der Waals surface area contributed by atoms with E-state index in [9.17, 15) is 4.79 Å². The monoisotopic (exact) mass is 245 g/mol. The molecule has 0 spiro atoms. The maximum atomic E-state index is 11.1. The van der Waals surface area contributed by atoms with Gasteiger partial charge in [0.15, 0.2) is 5.41 Å². The topological polar surface area (TPSA) is 77.2 Å². The number of pyridine rings is 1. The molecule has 0 amide bonds. The summed E-state index contributed by atoms with van der Waals surface area (Å²) in [5.41, 5.74) is -0.0805. The van der Waals surface area contributed by atoms with Crippen LogP contribution in [0.15, 0.2) is 24.5 Å². The predicted molar refractivity (Wildman–Crippen MR) is 64.4 cm³/mol. The molecule has 1 N–H and O–H groups in total. The normalized spacial score (nSPS) is 19.1. The van der Waals surface area contributed by atoms with E-state index in [1.807, 2.05) is 24.4 Å². The van der Waals surface area contributed by atoms with Gasteiger partial charge in [-0.15, -0.1) is 0 Å². The van der Waals surface area contributed by atoms with Crippen LogP contribution in [0.25, 0.3) is 0 Å². The van der Waals surface area contributed by atoms with Crippen LogP contribution in [0.4, 0.5) is 0 Å². The standard InChI is InChI=1S/C13H15N3O2/c14-10-13(12(17)18)3-6-16(7-4-13)9-11-2-1-5-15-8-11/h1-2,5,8H,3-4,6-7,9H2,(H,17,18). The Morgan fingerprint density at radius 2 is 2.28 bits per heavy atom. The minimum atomic E-state index is -1.19. The van der Waals surface area contributed by atoms with Gasteiger partial charge in [-0.2, -0.15) is 5.26 Å². The molecule has 0 aliphatic carbocycles. The van der Waals surface area contributed by atoms with Crippen LogP contribution < -0.4 is 0 Å². The van der Waals surface area contributed by atoms with Gasteiger partial charge in [-0.3, -0.25) is 14.7 Å². The molecule has 1 fully saturated rings. The van der Waals surface area contributed by atoms with Crippen molar-refractivity contribution in [3.05, 3.63) is 30.1 Å². The van der Waals surface area contributed by atoms with Gasteiger partial charge >= 0.3 is 5.97 Å². The Bertz CT molecular complexity index is 459. The first-order chi connectivity index (χ1) is 8.66. The van der Waals surface area contributed by atoms with Crippen molar-refractivity contribution in [2.45, 2.75) is 19.4 Å². The number of hydrogen-bond acceptors (Lipinski definition) is 4. The summed E-state index contributed by atoms with van der Waals surface area (Å²) >= 11 is 0. The number of likely N-dealkylation sites (tertiary alicyclic amines) is 1. The van der Waals surface area contributed by atoms with Crippen molar-refractivity contribution in [3.8, 4) is 6.07 Å². The number of nitriles is 1. The molecule has 1 aromatic heterocycles. The zero-order chi connectivity index (χ0) is 13.0. The van der Waals surface area contributed by atoms with E-state index >= 15 is 0 Å². The number of aromatic nitrogens is 1. The summed E-state index contributed by atoms with van der Waals surface area (Å²) in [5.74, 6) is -0.994. The van der Waals surface area contributed by atoms with Crippen LogP contribution in [-0.4, -0.2) is 34.0 Å². The highest BCUT2D eigenvalue weighted by Gasteiger charge is 2.41. The molecule has 0 saturated carbocycles. The summed E-state index contributed by atoms with van der Waals surface area (Å²) in [5, 5.41) is 18.1. The highest BCUT2D eigenvalue weighted by Crippen LogP contribution is 2.31. The first kappa shape index (κ1) is 12.5.